The van der Waals surface area contributed by atoms with Crippen molar-refractivity contribution in [3.05, 3.63) is 66.4 Å². The molecule has 1 N–H and O–H groups in total. The number of rotatable bonds is 3. The second-order valence-corrected chi connectivity index (χ2v) is 5.31. The molecule has 112 valence electrons. The smallest absolute Gasteiger partial charge is 0.262 e. The molecule has 0 spiro atoms. The minimum Gasteiger partial charge on any atom is -0.333 e. The molecule has 2 aromatic heterocycles. The Morgan fingerprint density at radius 1 is 0.913 bits per heavy atom. The van der Waals surface area contributed by atoms with E-state index in [1.54, 1.807) is 6.20 Å². The molecule has 0 radical (unpaired) electrons. The van der Waals surface area contributed by atoms with Gasteiger partial charge in [-0.05, 0) is 6.92 Å². The van der Waals surface area contributed by atoms with Gasteiger partial charge >= 0.3 is 0 Å². The number of hydrogen-bond acceptors (Lipinski definition) is 4. The van der Waals surface area contributed by atoms with Gasteiger partial charge in [0.15, 0.2) is 0 Å². The highest BCUT2D eigenvalue weighted by atomic mass is 16.5. The Morgan fingerprint density at radius 3 is 2.48 bits per heavy atom. The van der Waals surface area contributed by atoms with E-state index in [0.29, 0.717) is 11.7 Å². The van der Waals surface area contributed by atoms with Gasteiger partial charge in [0.05, 0.1) is 17.5 Å². The third-order valence-corrected chi connectivity index (χ3v) is 3.67. The minimum absolute atomic E-state index is 0.452. The van der Waals surface area contributed by atoms with Gasteiger partial charge in [-0.25, -0.2) is 0 Å². The Kier molecular flexibility index (Phi) is 3.24. The highest BCUT2D eigenvalue weighted by molar-refractivity contribution is 5.76. The largest absolute Gasteiger partial charge is 0.333 e. The standard InChI is InChI=1S/C18H14N4O/c1-12-7-9-14(10-8-12)17-20-18(23-22-17)15-11-19-21-16(15)13-5-3-2-4-6-13/h2-11H,1H3,(H,19,21). The first-order chi connectivity index (χ1) is 11.3. The van der Waals surface area contributed by atoms with Crippen LogP contribution in [-0.2, 0) is 0 Å². The second kappa shape index (κ2) is 5.53. The van der Waals surface area contributed by atoms with Gasteiger partial charge in [-0.1, -0.05) is 65.3 Å². The van der Waals surface area contributed by atoms with Gasteiger partial charge < -0.3 is 4.52 Å². The molecule has 4 rings (SSSR count). The first-order valence-electron chi connectivity index (χ1n) is 7.31. The molecule has 0 aliphatic carbocycles. The third-order valence-electron chi connectivity index (χ3n) is 3.67. The van der Waals surface area contributed by atoms with Crippen LogP contribution in [0.2, 0.25) is 0 Å². The van der Waals surface area contributed by atoms with Crippen molar-refractivity contribution in [3.63, 3.8) is 0 Å². The van der Waals surface area contributed by atoms with E-state index in [9.17, 15) is 0 Å². The first kappa shape index (κ1) is 13.5. The van der Waals surface area contributed by atoms with E-state index in [2.05, 4.69) is 20.3 Å². The number of H-pyrrole nitrogens is 1. The van der Waals surface area contributed by atoms with Crippen LogP contribution >= 0.6 is 0 Å². The zero-order valence-electron chi connectivity index (χ0n) is 12.5. The molecule has 23 heavy (non-hydrogen) atoms. The maximum atomic E-state index is 5.43. The lowest BCUT2D eigenvalue weighted by molar-refractivity contribution is 0.432. The van der Waals surface area contributed by atoms with Gasteiger partial charge in [0.2, 0.25) is 5.82 Å². The SMILES string of the molecule is Cc1ccc(-c2noc(-c3cn[nH]c3-c3ccccc3)n2)cc1. The van der Waals surface area contributed by atoms with Gasteiger partial charge in [-0.15, -0.1) is 0 Å². The van der Waals surface area contributed by atoms with Crippen molar-refractivity contribution in [2.24, 2.45) is 0 Å². The highest BCUT2D eigenvalue weighted by Gasteiger charge is 2.16. The lowest BCUT2D eigenvalue weighted by atomic mass is 10.1. The number of aromatic nitrogens is 4. The van der Waals surface area contributed by atoms with E-state index in [-0.39, 0.29) is 0 Å². The molecule has 0 aliphatic heterocycles. The maximum Gasteiger partial charge on any atom is 0.262 e. The van der Waals surface area contributed by atoms with Crippen LogP contribution in [0.3, 0.4) is 0 Å². The normalized spacial score (nSPS) is 10.8. The van der Waals surface area contributed by atoms with Crippen LogP contribution in [0.15, 0.2) is 65.3 Å². The molecule has 0 saturated heterocycles. The predicted molar refractivity (Wildman–Crippen MR) is 87.5 cm³/mol. The third kappa shape index (κ3) is 2.53. The van der Waals surface area contributed by atoms with Crippen LogP contribution in [0.25, 0.3) is 34.1 Å². The summed E-state index contributed by atoms with van der Waals surface area (Å²) in [5.41, 5.74) is 4.80. The van der Waals surface area contributed by atoms with Crippen LogP contribution in [-0.4, -0.2) is 20.3 Å². The summed E-state index contributed by atoms with van der Waals surface area (Å²) in [5, 5.41) is 11.2. The zero-order valence-corrected chi connectivity index (χ0v) is 12.5. The summed E-state index contributed by atoms with van der Waals surface area (Å²) in [6.45, 7) is 2.04. The quantitative estimate of drug-likeness (QED) is 0.618. The molecule has 0 saturated carbocycles. The van der Waals surface area contributed by atoms with Crippen LogP contribution in [0.4, 0.5) is 0 Å². The Labute approximate surface area is 133 Å². The first-order valence-corrected chi connectivity index (χ1v) is 7.31. The van der Waals surface area contributed by atoms with Gasteiger partial charge in [-0.3, -0.25) is 5.10 Å². The van der Waals surface area contributed by atoms with Crippen molar-refractivity contribution in [1.82, 2.24) is 20.3 Å². The summed E-state index contributed by atoms with van der Waals surface area (Å²) >= 11 is 0. The second-order valence-electron chi connectivity index (χ2n) is 5.31. The molecule has 0 bridgehead atoms. The number of benzene rings is 2. The van der Waals surface area contributed by atoms with Crippen LogP contribution < -0.4 is 0 Å². The fourth-order valence-corrected chi connectivity index (χ4v) is 2.43. The summed E-state index contributed by atoms with van der Waals surface area (Å²) in [4.78, 5) is 4.50. The van der Waals surface area contributed by atoms with Crippen LogP contribution in [0, 0.1) is 6.92 Å². The van der Waals surface area contributed by atoms with Crippen LogP contribution in [0.5, 0.6) is 0 Å². The molecule has 0 aliphatic rings. The van der Waals surface area contributed by atoms with Gasteiger partial charge in [0.1, 0.15) is 0 Å². The fraction of sp³-hybridized carbons (Fsp3) is 0.0556. The summed E-state index contributed by atoms with van der Waals surface area (Å²) in [7, 11) is 0. The molecule has 0 amide bonds. The zero-order chi connectivity index (χ0) is 15.6. The molecule has 5 heteroatoms. The molecule has 2 aromatic carbocycles. The van der Waals surface area contributed by atoms with E-state index in [0.717, 1.165) is 22.4 Å². The Hall–Kier alpha value is -3.21. The number of aryl methyl sites for hydroxylation is 1. The lowest BCUT2D eigenvalue weighted by Crippen LogP contribution is -1.83. The molecule has 0 atom stereocenters. The van der Waals surface area contributed by atoms with Gasteiger partial charge in [0, 0.05) is 11.1 Å². The van der Waals surface area contributed by atoms with Crippen molar-refractivity contribution in [2.45, 2.75) is 6.92 Å². The highest BCUT2D eigenvalue weighted by Crippen LogP contribution is 2.30. The maximum absolute atomic E-state index is 5.43. The Balaban J connectivity index is 1.73. The average Bonchev–Trinajstić information content (AvgIpc) is 3.25. The van der Waals surface area contributed by atoms with E-state index in [1.165, 1.54) is 5.56 Å². The summed E-state index contributed by atoms with van der Waals surface area (Å²) in [5.74, 6) is 1.02. The van der Waals surface area contributed by atoms with Crippen molar-refractivity contribution >= 4 is 0 Å². The van der Waals surface area contributed by atoms with E-state index in [4.69, 9.17) is 4.52 Å². The minimum atomic E-state index is 0.452. The molecule has 0 fully saturated rings. The number of nitrogens with zero attached hydrogens (tertiary/aromatic N) is 3. The molecule has 4 aromatic rings. The monoisotopic (exact) mass is 302 g/mol. The van der Waals surface area contributed by atoms with E-state index in [1.807, 2.05) is 61.5 Å². The molecular weight excluding hydrogens is 288 g/mol. The number of aromatic amines is 1. The summed E-state index contributed by atoms with van der Waals surface area (Å²) < 4.78 is 5.43. The number of hydrogen-bond donors (Lipinski definition) is 1. The Bertz CT molecular complexity index is 923. The molecular formula is C18H14N4O. The number of nitrogens with one attached hydrogen (secondary N) is 1. The summed E-state index contributed by atoms with van der Waals surface area (Å²) in [6.07, 6.45) is 1.70. The van der Waals surface area contributed by atoms with Crippen molar-refractivity contribution in [1.29, 1.82) is 0 Å². The topological polar surface area (TPSA) is 67.6 Å². The van der Waals surface area contributed by atoms with E-state index < -0.39 is 0 Å². The summed E-state index contributed by atoms with van der Waals surface area (Å²) in [6, 6.07) is 18.0. The molecule has 2 heterocycles. The van der Waals surface area contributed by atoms with Crippen molar-refractivity contribution in [2.75, 3.05) is 0 Å². The van der Waals surface area contributed by atoms with E-state index >= 15 is 0 Å². The fourth-order valence-electron chi connectivity index (χ4n) is 2.43. The van der Waals surface area contributed by atoms with Gasteiger partial charge in [0.25, 0.3) is 5.89 Å². The average molecular weight is 302 g/mol. The lowest BCUT2D eigenvalue weighted by Gasteiger charge is -1.98. The van der Waals surface area contributed by atoms with Crippen LogP contribution in [0.1, 0.15) is 5.56 Å². The van der Waals surface area contributed by atoms with Crippen molar-refractivity contribution < 1.29 is 4.52 Å². The molecule has 0 unspecified atom stereocenters. The molecule has 5 nitrogen and oxygen atoms in total. The Morgan fingerprint density at radius 2 is 1.70 bits per heavy atom. The van der Waals surface area contributed by atoms with Gasteiger partial charge in [-0.2, -0.15) is 10.1 Å². The van der Waals surface area contributed by atoms with Crippen molar-refractivity contribution in [3.8, 4) is 34.1 Å². The predicted octanol–water partition coefficient (Wildman–Crippen LogP) is 4.10.